The Kier molecular flexibility index (Phi) is 29.5. The van der Waals surface area contributed by atoms with Crippen molar-refractivity contribution in [3.63, 3.8) is 0 Å². The van der Waals surface area contributed by atoms with Crippen LogP contribution in [0.15, 0.2) is 170 Å². The van der Waals surface area contributed by atoms with Crippen LogP contribution in [0.4, 0.5) is 0 Å². The van der Waals surface area contributed by atoms with E-state index < -0.39 is 172 Å². The molecule has 5 aromatic carbocycles. The van der Waals surface area contributed by atoms with Gasteiger partial charge in [-0.25, -0.2) is 9.97 Å². The number of benzene rings is 5. The van der Waals surface area contributed by atoms with Gasteiger partial charge in [0.1, 0.15) is 79.3 Å². The molecule has 8 heterocycles. The molecule has 0 radical (unpaired) electrons. The Hall–Kier alpha value is -10.7. The summed E-state index contributed by atoms with van der Waals surface area (Å²) in [6.45, 7) is -3.87. The van der Waals surface area contributed by atoms with E-state index in [4.69, 9.17) is 38.4 Å². The second-order valence-corrected chi connectivity index (χ2v) is 29.9. The van der Waals surface area contributed by atoms with E-state index in [-0.39, 0.29) is 70.7 Å². The first-order chi connectivity index (χ1) is 58.1. The maximum absolute atomic E-state index is 15.7. The summed E-state index contributed by atoms with van der Waals surface area (Å²) < 4.78 is 33.2. The zero-order chi connectivity index (χ0) is 84.6. The molecule has 0 spiro atoms. The highest BCUT2D eigenvalue weighted by atomic mass is 16.7. The molecule has 16 atom stereocenters. The second-order valence-electron chi connectivity index (χ2n) is 29.9. The highest BCUT2D eigenvalue weighted by Crippen LogP contribution is 2.40. The number of aliphatic hydroxyl groups is 12. The van der Waals surface area contributed by atoms with E-state index in [1.165, 1.54) is 0 Å². The Morgan fingerprint density at radius 2 is 0.700 bits per heavy atom. The zero-order valence-electron chi connectivity index (χ0n) is 65.3. The van der Waals surface area contributed by atoms with Gasteiger partial charge < -0.3 is 126 Å². The molecule has 0 unspecified atom stereocenters. The zero-order valence-corrected chi connectivity index (χ0v) is 65.3. The summed E-state index contributed by atoms with van der Waals surface area (Å²) in [6, 6.07) is 52.3. The number of carbonyl (C=O) groups is 5. The monoisotopic (exact) mass is 1650 g/mol. The van der Waals surface area contributed by atoms with Crippen LogP contribution in [0.1, 0.15) is 77.2 Å². The van der Waals surface area contributed by atoms with Crippen LogP contribution in [0.3, 0.4) is 0 Å². The molecule has 3 saturated heterocycles. The number of aromatic nitrogens is 4. The Bertz CT molecular complexity index is 4870. The number of aliphatic hydroxyl groups excluding tert-OH is 12. The molecule has 19 N–H and O–H groups in total. The van der Waals surface area contributed by atoms with E-state index in [0.717, 1.165) is 55.6 Å². The summed E-state index contributed by atoms with van der Waals surface area (Å²) in [6.07, 6.45) is -18.2. The summed E-state index contributed by atoms with van der Waals surface area (Å²) in [5.41, 5.74) is 11.5. The SMILES string of the molecule is O=C(CCC(CCC(=O)NCCO[C@@H]1O[C@H](CO)[C@H](O)[C@H](O)[C@H]1O)(CCC(=O)NCCO[C@@H]1O[C@H](CO)[C@H](O)[C@H](O)[C@H]1O)NC(=O)[C@H](Cc1ccccc1)NC(=O)c1ccc(-c2c3nc(c(-c4ccccc4)c4ccc([nH]4)c(-c4ccccc4)c4nc(c(-c5ccccc5)c5ccc2[nH]5)C=C4)C=C3)cc1)NCCO[C@@H]1O[C@H](CO)[C@H](O)[C@H](O)[C@H]1O. The first-order valence-electron chi connectivity index (χ1n) is 39.8. The smallest absolute Gasteiger partial charge is 0.251 e. The molecule has 13 rings (SSSR count). The van der Waals surface area contributed by atoms with Crippen LogP contribution in [0, 0.1) is 0 Å². The molecule has 32 heteroatoms. The number of carbonyl (C=O) groups excluding carboxylic acids is 5. The lowest BCUT2D eigenvalue weighted by Gasteiger charge is -2.39. The quantitative estimate of drug-likeness (QED) is 0.0258. The van der Waals surface area contributed by atoms with E-state index in [9.17, 15) is 75.7 Å². The number of aromatic amines is 2. The molecule has 5 aliphatic rings. The third-order valence-corrected chi connectivity index (χ3v) is 21.8. The van der Waals surface area contributed by atoms with E-state index in [2.05, 4.69) is 54.8 Å². The molecule has 0 aliphatic carbocycles. The van der Waals surface area contributed by atoms with Gasteiger partial charge in [-0.15, -0.1) is 0 Å². The van der Waals surface area contributed by atoms with E-state index in [0.29, 0.717) is 39.3 Å². The minimum atomic E-state index is -1.75. The Balaban J connectivity index is 0.818. The Labute approximate surface area is 689 Å². The lowest BCUT2D eigenvalue weighted by molar-refractivity contribution is -0.300. The summed E-state index contributed by atoms with van der Waals surface area (Å²) in [5, 5.41) is 137. The first-order valence-corrected chi connectivity index (χ1v) is 39.8. The number of fused-ring (bicyclic) bond motifs is 8. The van der Waals surface area contributed by atoms with Gasteiger partial charge >= 0.3 is 0 Å². The number of nitrogens with zero attached hydrogens (tertiary/aromatic N) is 2. The van der Waals surface area contributed by atoms with Crippen molar-refractivity contribution >= 4 is 75.9 Å². The van der Waals surface area contributed by atoms with Crippen LogP contribution in [-0.2, 0) is 54.0 Å². The number of ether oxygens (including phenoxy) is 6. The van der Waals surface area contributed by atoms with Gasteiger partial charge in [-0.2, -0.15) is 0 Å². The van der Waals surface area contributed by atoms with Gasteiger partial charge in [0.2, 0.25) is 23.6 Å². The van der Waals surface area contributed by atoms with Crippen molar-refractivity contribution in [2.75, 3.05) is 59.3 Å². The van der Waals surface area contributed by atoms with Crippen molar-refractivity contribution in [2.45, 2.75) is 149 Å². The van der Waals surface area contributed by atoms with Crippen LogP contribution in [0.5, 0.6) is 0 Å². The lowest BCUT2D eigenvalue weighted by atomic mass is 9.82. The van der Waals surface area contributed by atoms with E-state index >= 15 is 9.59 Å². The van der Waals surface area contributed by atoms with Gasteiger partial charge in [-0.3, -0.25) is 24.0 Å². The van der Waals surface area contributed by atoms with Crippen LogP contribution < -0.4 is 26.6 Å². The number of rotatable bonds is 34. The highest BCUT2D eigenvalue weighted by Gasteiger charge is 2.47. The van der Waals surface area contributed by atoms with Gasteiger partial charge in [0.15, 0.2) is 18.9 Å². The maximum Gasteiger partial charge on any atom is 0.251 e. The predicted molar refractivity (Wildman–Crippen MR) is 439 cm³/mol. The fourth-order valence-corrected chi connectivity index (χ4v) is 15.3. The number of hydrogen-bond donors (Lipinski definition) is 19. The highest BCUT2D eigenvalue weighted by molar-refractivity contribution is 6.02. The van der Waals surface area contributed by atoms with Crippen molar-refractivity contribution < 1.29 is 114 Å². The third-order valence-electron chi connectivity index (χ3n) is 21.8. The van der Waals surface area contributed by atoms with E-state index in [1.807, 2.05) is 121 Å². The predicted octanol–water partition coefficient (Wildman–Crippen LogP) is 2.66. The van der Waals surface area contributed by atoms with Gasteiger partial charge in [0, 0.05) is 101 Å². The molecule has 3 aromatic heterocycles. The molecule has 5 aliphatic heterocycles. The number of hydrogen-bond acceptors (Lipinski definition) is 25. The van der Waals surface area contributed by atoms with Crippen LogP contribution >= 0.6 is 0 Å². The van der Waals surface area contributed by atoms with Crippen molar-refractivity contribution in [1.29, 1.82) is 0 Å². The number of amides is 5. The van der Waals surface area contributed by atoms with Crippen LogP contribution in [-0.4, -0.2) is 274 Å². The first kappa shape index (κ1) is 87.2. The van der Waals surface area contributed by atoms with Crippen LogP contribution in [0.25, 0.3) is 90.9 Å². The van der Waals surface area contributed by atoms with Crippen molar-refractivity contribution in [2.24, 2.45) is 0 Å². The molecular formula is C88H99N9O23. The van der Waals surface area contributed by atoms with E-state index in [1.54, 1.807) is 54.6 Å². The standard InChI is InChI=1S/C88H99N9O23/c98-46-64-74(104)77(107)80(110)85(118-64)115-42-39-89-67(101)33-36-88(37-34-68(102)90-40-43-116-86-81(111)78(108)75(105)65(47-99)119-86,38-35-69(103)91-41-44-117-87-82(112)79(109)76(106)66(48-100)120-87)97-84(114)63(45-49-13-5-1-6-14-49)96-83(113)54-23-21-53(22-24-54)73-61-31-29-59(94-61)71(51-17-9-3-10-18-51)57-27-25-55(92-57)70(50-15-7-2-8-16-50)56-26-28-58(93-56)72(52-19-11-4-12-20-52)60-30-32-62(73)95-60/h1-32,63-66,74-82,85-87,92,95,98-100,104-112H,33-48H2,(H,89,101)(H,90,102)(H,91,103)(H,96,113)(H,97,114)/t63-,64+,65+,66+,74-,75-,76-,77-,78-,79-,80+,81+,82+,85+,86+,87+/m0/s1. The number of H-pyrrole nitrogens is 2. The molecule has 32 nitrogen and oxygen atoms in total. The third kappa shape index (κ3) is 20.8. The lowest BCUT2D eigenvalue weighted by Crippen LogP contribution is -2.59. The van der Waals surface area contributed by atoms with Crippen molar-refractivity contribution in [1.82, 2.24) is 46.5 Å². The van der Waals surface area contributed by atoms with Crippen molar-refractivity contribution in [3.8, 4) is 44.5 Å². The normalized spacial score (nSPS) is 23.7. The Morgan fingerprint density at radius 3 is 1.02 bits per heavy atom. The second kappa shape index (κ2) is 40.6. The molecule has 634 valence electrons. The molecule has 120 heavy (non-hydrogen) atoms. The Morgan fingerprint density at radius 1 is 0.392 bits per heavy atom. The molecular weight excluding hydrogens is 1550 g/mol. The van der Waals surface area contributed by atoms with Gasteiger partial charge in [0.25, 0.3) is 5.91 Å². The maximum atomic E-state index is 15.7. The summed E-state index contributed by atoms with van der Waals surface area (Å²) in [7, 11) is 0. The number of nitrogens with one attached hydrogen (secondary N) is 7. The minimum Gasteiger partial charge on any atom is -0.394 e. The summed E-state index contributed by atoms with van der Waals surface area (Å²) in [5.74, 6) is -3.44. The molecule has 8 bridgehead atoms. The molecule has 8 aromatic rings. The van der Waals surface area contributed by atoms with Gasteiger partial charge in [-0.05, 0) is 108 Å². The fourth-order valence-electron chi connectivity index (χ4n) is 15.3. The minimum absolute atomic E-state index is 0.120. The average molecular weight is 1650 g/mol. The van der Waals surface area contributed by atoms with Crippen LogP contribution in [0.2, 0.25) is 0 Å². The topological polar surface area (TPSA) is 501 Å². The molecule has 5 amide bonds. The van der Waals surface area contributed by atoms with Gasteiger partial charge in [-0.1, -0.05) is 133 Å². The molecule has 0 saturated carbocycles. The largest absolute Gasteiger partial charge is 0.394 e. The summed E-state index contributed by atoms with van der Waals surface area (Å²) in [4.78, 5) is 91.6. The average Bonchev–Trinajstić information content (AvgIpc) is 1.62. The molecule has 3 fully saturated rings. The fraction of sp³-hybridized carbons (Fsp3) is 0.375. The van der Waals surface area contributed by atoms with Gasteiger partial charge in [0.05, 0.1) is 62.4 Å². The summed E-state index contributed by atoms with van der Waals surface area (Å²) >= 11 is 0. The van der Waals surface area contributed by atoms with Crippen molar-refractivity contribution in [3.05, 3.63) is 204 Å².